The molecule has 0 aliphatic heterocycles. The van der Waals surface area contributed by atoms with Gasteiger partial charge in [-0.2, -0.15) is 0 Å². The summed E-state index contributed by atoms with van der Waals surface area (Å²) < 4.78 is 10.8. The maximum absolute atomic E-state index is 6.15. The molecule has 2 N–H and O–H groups in total. The van der Waals surface area contributed by atoms with Crippen LogP contribution in [0.5, 0.6) is 5.75 Å². The predicted octanol–water partition coefficient (Wildman–Crippen LogP) is 3.30. The molecule has 1 rings (SSSR count). The van der Waals surface area contributed by atoms with Gasteiger partial charge in [-0.25, -0.2) is 0 Å². The highest BCUT2D eigenvalue weighted by Crippen LogP contribution is 2.33. The van der Waals surface area contributed by atoms with Gasteiger partial charge in [0, 0.05) is 18.2 Å². The molecule has 0 saturated heterocycles. The maximum Gasteiger partial charge on any atom is 0.141 e. The molecule has 0 aliphatic carbocycles. The minimum absolute atomic E-state index is 0.0000975. The van der Waals surface area contributed by atoms with Crippen LogP contribution in [0.15, 0.2) is 12.1 Å². The van der Waals surface area contributed by atoms with Crippen molar-refractivity contribution in [2.45, 2.75) is 32.4 Å². The third-order valence-electron chi connectivity index (χ3n) is 2.49. The van der Waals surface area contributed by atoms with E-state index >= 15 is 0 Å². The highest BCUT2D eigenvalue weighted by Gasteiger charge is 2.13. The Bertz CT molecular complexity index is 397. The monoisotopic (exact) mass is 291 g/mol. The first kappa shape index (κ1) is 15.6. The van der Waals surface area contributed by atoms with E-state index in [2.05, 4.69) is 0 Å². The summed E-state index contributed by atoms with van der Waals surface area (Å²) in [7, 11) is 1.64. The Kier molecular flexibility index (Phi) is 6.22. The van der Waals surface area contributed by atoms with Crippen molar-refractivity contribution in [2.24, 2.45) is 5.73 Å². The van der Waals surface area contributed by atoms with Crippen LogP contribution in [-0.4, -0.2) is 25.9 Å². The van der Waals surface area contributed by atoms with Crippen LogP contribution in [0.1, 0.15) is 19.4 Å². The van der Waals surface area contributed by atoms with Gasteiger partial charge in [0.1, 0.15) is 12.4 Å². The highest BCUT2D eigenvalue weighted by atomic mass is 35.5. The quantitative estimate of drug-likeness (QED) is 0.875. The van der Waals surface area contributed by atoms with E-state index in [1.807, 2.05) is 19.9 Å². The first-order valence-corrected chi connectivity index (χ1v) is 6.58. The van der Waals surface area contributed by atoms with Crippen molar-refractivity contribution >= 4 is 23.2 Å². The van der Waals surface area contributed by atoms with Crippen LogP contribution in [-0.2, 0) is 11.2 Å². The molecule has 5 heteroatoms. The fourth-order valence-corrected chi connectivity index (χ4v) is 2.13. The van der Waals surface area contributed by atoms with E-state index in [1.165, 1.54) is 0 Å². The Morgan fingerprint density at radius 2 is 1.94 bits per heavy atom. The summed E-state index contributed by atoms with van der Waals surface area (Å²) in [6, 6.07) is 3.52. The number of ether oxygens (including phenoxy) is 2. The topological polar surface area (TPSA) is 44.5 Å². The lowest BCUT2D eigenvalue weighted by molar-refractivity contribution is 0.0713. The molecule has 102 valence electrons. The van der Waals surface area contributed by atoms with Gasteiger partial charge in [0.2, 0.25) is 0 Å². The van der Waals surface area contributed by atoms with Crippen LogP contribution in [0.4, 0.5) is 0 Å². The molecule has 0 aliphatic rings. The van der Waals surface area contributed by atoms with Gasteiger partial charge in [-0.15, -0.1) is 0 Å². The summed E-state index contributed by atoms with van der Waals surface area (Å²) in [6.45, 7) is 4.29. The Morgan fingerprint density at radius 3 is 2.50 bits per heavy atom. The molecule has 0 spiro atoms. The van der Waals surface area contributed by atoms with Gasteiger partial charge in [0.15, 0.2) is 0 Å². The Hall–Kier alpha value is -0.480. The molecular formula is C13H19Cl2NO2. The van der Waals surface area contributed by atoms with Crippen molar-refractivity contribution in [2.75, 3.05) is 13.7 Å². The number of methoxy groups -OCH3 is 1. The van der Waals surface area contributed by atoms with Crippen molar-refractivity contribution in [3.8, 4) is 5.75 Å². The molecule has 2 atom stereocenters. The van der Waals surface area contributed by atoms with E-state index in [1.54, 1.807) is 13.2 Å². The van der Waals surface area contributed by atoms with Gasteiger partial charge < -0.3 is 15.2 Å². The van der Waals surface area contributed by atoms with Gasteiger partial charge in [0.25, 0.3) is 0 Å². The van der Waals surface area contributed by atoms with E-state index < -0.39 is 0 Å². The Balaban J connectivity index is 2.92. The molecule has 3 nitrogen and oxygen atoms in total. The minimum Gasteiger partial charge on any atom is -0.489 e. The summed E-state index contributed by atoms with van der Waals surface area (Å²) in [4.78, 5) is 0. The fraction of sp³-hybridized carbons (Fsp3) is 0.538. The van der Waals surface area contributed by atoms with Gasteiger partial charge in [0.05, 0.1) is 11.1 Å². The van der Waals surface area contributed by atoms with Crippen LogP contribution >= 0.6 is 23.2 Å². The fourth-order valence-electron chi connectivity index (χ4n) is 1.54. The summed E-state index contributed by atoms with van der Waals surface area (Å²) in [5, 5.41) is 1.09. The molecule has 1 aromatic carbocycles. The summed E-state index contributed by atoms with van der Waals surface area (Å²) >= 11 is 12.1. The van der Waals surface area contributed by atoms with Gasteiger partial charge >= 0.3 is 0 Å². The van der Waals surface area contributed by atoms with Crippen LogP contribution in [0, 0.1) is 0 Å². The SMILES string of the molecule is COC(C)COc1c(Cl)cc(Cl)cc1CC(C)N. The summed E-state index contributed by atoms with van der Waals surface area (Å²) in [5.41, 5.74) is 6.73. The van der Waals surface area contributed by atoms with Gasteiger partial charge in [-0.05, 0) is 38.0 Å². The van der Waals surface area contributed by atoms with Gasteiger partial charge in [-0.3, -0.25) is 0 Å². The first-order chi connectivity index (χ1) is 8.43. The van der Waals surface area contributed by atoms with Crippen LogP contribution < -0.4 is 10.5 Å². The number of nitrogens with two attached hydrogens (primary N) is 1. The number of hydrogen-bond acceptors (Lipinski definition) is 3. The second-order valence-corrected chi connectivity index (χ2v) is 5.26. The number of hydrogen-bond donors (Lipinski definition) is 1. The highest BCUT2D eigenvalue weighted by molar-refractivity contribution is 6.35. The number of halogens is 2. The molecule has 0 bridgehead atoms. The Labute approximate surface area is 118 Å². The Morgan fingerprint density at radius 1 is 1.28 bits per heavy atom. The average Bonchev–Trinajstić information content (AvgIpc) is 2.26. The third kappa shape index (κ3) is 4.65. The smallest absolute Gasteiger partial charge is 0.141 e. The van der Waals surface area contributed by atoms with E-state index in [4.69, 9.17) is 38.4 Å². The number of rotatable bonds is 6. The molecule has 0 aromatic heterocycles. The molecule has 18 heavy (non-hydrogen) atoms. The maximum atomic E-state index is 6.15. The normalized spacial score (nSPS) is 14.3. The van der Waals surface area contributed by atoms with E-state index in [-0.39, 0.29) is 12.1 Å². The zero-order chi connectivity index (χ0) is 13.7. The summed E-state index contributed by atoms with van der Waals surface area (Å²) in [6.07, 6.45) is 0.664. The lowest BCUT2D eigenvalue weighted by Gasteiger charge is -2.17. The van der Waals surface area contributed by atoms with Crippen molar-refractivity contribution in [3.05, 3.63) is 27.7 Å². The van der Waals surface area contributed by atoms with Crippen molar-refractivity contribution in [1.29, 1.82) is 0 Å². The second-order valence-electron chi connectivity index (χ2n) is 4.41. The lowest BCUT2D eigenvalue weighted by Crippen LogP contribution is -2.20. The molecule has 0 heterocycles. The standard InChI is InChI=1S/C13H19Cl2NO2/c1-8(16)4-10-5-11(14)6-12(15)13(10)18-7-9(2)17-3/h5-6,8-9H,4,7,16H2,1-3H3. The van der Waals surface area contributed by atoms with E-state index in [9.17, 15) is 0 Å². The molecule has 0 radical (unpaired) electrons. The number of benzene rings is 1. The van der Waals surface area contributed by atoms with Crippen molar-refractivity contribution in [1.82, 2.24) is 0 Å². The van der Waals surface area contributed by atoms with Gasteiger partial charge in [-0.1, -0.05) is 23.2 Å². The molecule has 1 aromatic rings. The predicted molar refractivity (Wildman–Crippen MR) is 75.8 cm³/mol. The minimum atomic E-state index is -0.0000975. The lowest BCUT2D eigenvalue weighted by atomic mass is 10.1. The zero-order valence-electron chi connectivity index (χ0n) is 10.9. The van der Waals surface area contributed by atoms with E-state index in [0.29, 0.717) is 28.8 Å². The molecule has 0 amide bonds. The van der Waals surface area contributed by atoms with Crippen LogP contribution in [0.3, 0.4) is 0 Å². The third-order valence-corrected chi connectivity index (χ3v) is 2.99. The molecule has 2 unspecified atom stereocenters. The van der Waals surface area contributed by atoms with Crippen molar-refractivity contribution in [3.63, 3.8) is 0 Å². The second kappa shape index (κ2) is 7.19. The summed E-state index contributed by atoms with van der Waals surface area (Å²) in [5.74, 6) is 0.641. The molecule has 0 fully saturated rings. The molecule has 0 saturated carbocycles. The van der Waals surface area contributed by atoms with E-state index in [0.717, 1.165) is 5.56 Å². The van der Waals surface area contributed by atoms with Crippen molar-refractivity contribution < 1.29 is 9.47 Å². The van der Waals surface area contributed by atoms with Crippen LogP contribution in [0.25, 0.3) is 0 Å². The molecular weight excluding hydrogens is 273 g/mol. The largest absolute Gasteiger partial charge is 0.489 e. The first-order valence-electron chi connectivity index (χ1n) is 5.83. The zero-order valence-corrected chi connectivity index (χ0v) is 12.4. The average molecular weight is 292 g/mol. The van der Waals surface area contributed by atoms with Crippen LogP contribution in [0.2, 0.25) is 10.0 Å².